The number of anilines is 2. The quantitative estimate of drug-likeness (QED) is 0.517. The Morgan fingerprint density at radius 1 is 1.24 bits per heavy atom. The van der Waals surface area contributed by atoms with Crippen LogP contribution < -0.4 is 10.9 Å². The lowest BCUT2D eigenvalue weighted by atomic mass is 9.95. The number of nitrogens with one attached hydrogen (secondary N) is 2. The molecule has 1 atom stereocenters. The van der Waals surface area contributed by atoms with Crippen LogP contribution >= 0.6 is 0 Å². The van der Waals surface area contributed by atoms with Crippen molar-refractivity contribution in [2.75, 3.05) is 25.6 Å². The standard InChI is InChI=1S/C25H33N5O3S/c1-25(2,16-33-3)15-29-14-17-13-18(9-10-21(17)34(29)32)27-23-22-20(11-12-26-24(22)31)30(28-23)19-7-5-4-6-8-19/h9-13,19H,4-8,14-16H2,1-3H3,(H,26,31)(H,27,28). The first-order chi connectivity index (χ1) is 16.4. The number of methoxy groups -OCH3 is 1. The molecule has 1 unspecified atom stereocenters. The maximum atomic E-state index is 13.1. The number of H-pyrrole nitrogens is 1. The van der Waals surface area contributed by atoms with Gasteiger partial charge in [0.2, 0.25) is 0 Å². The molecular formula is C25H33N5O3S. The molecule has 0 saturated heterocycles. The third-order valence-corrected chi connectivity index (χ3v) is 8.28. The first-order valence-electron chi connectivity index (χ1n) is 12.0. The summed E-state index contributed by atoms with van der Waals surface area (Å²) in [6, 6.07) is 8.12. The fourth-order valence-electron chi connectivity index (χ4n) is 5.29. The summed E-state index contributed by atoms with van der Waals surface area (Å²) in [6.45, 7) is 6.14. The number of hydrogen-bond acceptors (Lipinski definition) is 5. The predicted molar refractivity (Wildman–Crippen MR) is 135 cm³/mol. The van der Waals surface area contributed by atoms with E-state index < -0.39 is 11.0 Å². The molecule has 1 saturated carbocycles. The number of nitrogens with zero attached hydrogens (tertiary/aromatic N) is 3. The number of hydrogen-bond donors (Lipinski definition) is 2. The van der Waals surface area contributed by atoms with Crippen molar-refractivity contribution in [3.8, 4) is 0 Å². The normalized spacial score (nSPS) is 19.6. The van der Waals surface area contributed by atoms with Gasteiger partial charge in [-0.05, 0) is 42.7 Å². The van der Waals surface area contributed by atoms with Gasteiger partial charge in [-0.2, -0.15) is 5.10 Å². The molecule has 8 nitrogen and oxygen atoms in total. The van der Waals surface area contributed by atoms with Crippen LogP contribution in [0.3, 0.4) is 0 Å². The summed E-state index contributed by atoms with van der Waals surface area (Å²) in [6.07, 6.45) is 7.51. The second-order valence-corrected chi connectivity index (χ2v) is 11.7. The van der Waals surface area contributed by atoms with Gasteiger partial charge in [0.1, 0.15) is 16.4 Å². The Hall–Kier alpha value is -2.49. The average molecular weight is 484 g/mol. The van der Waals surface area contributed by atoms with E-state index in [4.69, 9.17) is 9.84 Å². The molecule has 0 spiro atoms. The van der Waals surface area contributed by atoms with Crippen molar-refractivity contribution in [1.82, 2.24) is 19.1 Å². The van der Waals surface area contributed by atoms with E-state index in [1.807, 2.05) is 33.3 Å². The zero-order valence-corrected chi connectivity index (χ0v) is 20.9. The summed E-state index contributed by atoms with van der Waals surface area (Å²) >= 11 is 0. The summed E-state index contributed by atoms with van der Waals surface area (Å²) in [4.78, 5) is 16.4. The molecule has 1 aliphatic carbocycles. The second kappa shape index (κ2) is 9.28. The molecule has 3 aromatic rings. The molecule has 0 bridgehead atoms. The Bertz CT molecular complexity index is 1280. The lowest BCUT2D eigenvalue weighted by molar-refractivity contribution is 0.0899. The molecule has 0 amide bonds. The highest BCUT2D eigenvalue weighted by Crippen LogP contribution is 2.35. The molecule has 1 aliphatic heterocycles. The van der Waals surface area contributed by atoms with Crippen LogP contribution in [-0.2, 0) is 22.3 Å². The molecule has 1 fully saturated rings. The Morgan fingerprint density at radius 3 is 2.79 bits per heavy atom. The van der Waals surface area contributed by atoms with E-state index in [2.05, 4.69) is 24.1 Å². The first-order valence-corrected chi connectivity index (χ1v) is 13.1. The van der Waals surface area contributed by atoms with Crippen molar-refractivity contribution in [1.29, 1.82) is 0 Å². The van der Waals surface area contributed by atoms with Crippen LogP contribution in [0.4, 0.5) is 11.5 Å². The molecule has 2 aromatic heterocycles. The highest BCUT2D eigenvalue weighted by atomic mass is 32.2. The summed E-state index contributed by atoms with van der Waals surface area (Å²) in [5.41, 5.74) is 2.50. The number of aromatic nitrogens is 3. The number of fused-ring (bicyclic) bond motifs is 2. The largest absolute Gasteiger partial charge is 0.384 e. The van der Waals surface area contributed by atoms with Gasteiger partial charge in [-0.1, -0.05) is 33.1 Å². The monoisotopic (exact) mass is 483 g/mol. The van der Waals surface area contributed by atoms with Crippen LogP contribution in [0.15, 0.2) is 40.2 Å². The topological polar surface area (TPSA) is 92.2 Å². The predicted octanol–water partition coefficient (Wildman–Crippen LogP) is 4.48. The Kier molecular flexibility index (Phi) is 6.35. The van der Waals surface area contributed by atoms with Gasteiger partial charge in [-0.15, -0.1) is 0 Å². The molecule has 3 heterocycles. The van der Waals surface area contributed by atoms with Crippen molar-refractivity contribution in [2.24, 2.45) is 5.41 Å². The van der Waals surface area contributed by atoms with Crippen LogP contribution in [0.25, 0.3) is 10.9 Å². The van der Waals surface area contributed by atoms with Gasteiger partial charge in [-0.3, -0.25) is 9.48 Å². The summed E-state index contributed by atoms with van der Waals surface area (Å²) < 4.78 is 22.4. The molecule has 2 aliphatic rings. The smallest absolute Gasteiger partial charge is 0.261 e. The number of aromatic amines is 1. The van der Waals surface area contributed by atoms with Crippen molar-refractivity contribution in [3.05, 3.63) is 46.4 Å². The van der Waals surface area contributed by atoms with E-state index in [1.165, 1.54) is 19.3 Å². The third kappa shape index (κ3) is 4.44. The summed E-state index contributed by atoms with van der Waals surface area (Å²) in [5.74, 6) is 0.569. The molecule has 5 rings (SSSR count). The van der Waals surface area contributed by atoms with Crippen LogP contribution in [0.1, 0.15) is 57.6 Å². The van der Waals surface area contributed by atoms with E-state index in [-0.39, 0.29) is 11.0 Å². The van der Waals surface area contributed by atoms with Crippen molar-refractivity contribution >= 4 is 33.4 Å². The van der Waals surface area contributed by atoms with E-state index in [0.717, 1.165) is 34.5 Å². The minimum absolute atomic E-state index is 0.0978. The molecule has 182 valence electrons. The lowest BCUT2D eigenvalue weighted by Gasteiger charge is -2.28. The fourth-order valence-corrected chi connectivity index (χ4v) is 6.83. The number of pyridine rings is 1. The van der Waals surface area contributed by atoms with Crippen LogP contribution in [-0.4, -0.2) is 43.5 Å². The number of ether oxygens (including phenoxy) is 1. The fraction of sp³-hybridized carbons (Fsp3) is 0.520. The Morgan fingerprint density at radius 2 is 2.03 bits per heavy atom. The van der Waals surface area contributed by atoms with Crippen LogP contribution in [0.5, 0.6) is 0 Å². The van der Waals surface area contributed by atoms with Gasteiger partial charge < -0.3 is 15.0 Å². The van der Waals surface area contributed by atoms with E-state index in [0.29, 0.717) is 36.9 Å². The highest BCUT2D eigenvalue weighted by Gasteiger charge is 2.32. The maximum Gasteiger partial charge on any atom is 0.261 e. The minimum atomic E-state index is -1.19. The molecule has 2 N–H and O–H groups in total. The molecule has 34 heavy (non-hydrogen) atoms. The number of rotatable bonds is 7. The minimum Gasteiger partial charge on any atom is -0.384 e. The second-order valence-electron chi connectivity index (χ2n) is 10.2. The SMILES string of the molecule is COCC(C)(C)CN1Cc2cc(Nc3nn(C4CCCCC4)c4cc[nH]c(=O)c34)ccc2S1=O. The molecular weight excluding hydrogens is 450 g/mol. The Balaban J connectivity index is 1.43. The maximum absolute atomic E-state index is 13.1. The van der Waals surface area contributed by atoms with Crippen molar-refractivity contribution < 1.29 is 8.95 Å². The summed E-state index contributed by atoms with van der Waals surface area (Å²) in [7, 11) is 0.504. The molecule has 0 radical (unpaired) electrons. The first kappa shape index (κ1) is 23.3. The number of benzene rings is 1. The van der Waals surface area contributed by atoms with Gasteiger partial charge >= 0.3 is 0 Å². The van der Waals surface area contributed by atoms with Gasteiger partial charge in [-0.25, -0.2) is 8.51 Å². The van der Waals surface area contributed by atoms with E-state index in [1.54, 1.807) is 13.3 Å². The van der Waals surface area contributed by atoms with Crippen LogP contribution in [0, 0.1) is 5.41 Å². The molecule has 9 heteroatoms. The zero-order valence-electron chi connectivity index (χ0n) is 20.1. The lowest BCUT2D eigenvalue weighted by Crippen LogP contribution is -2.35. The van der Waals surface area contributed by atoms with Crippen molar-refractivity contribution in [2.45, 2.75) is 63.4 Å². The van der Waals surface area contributed by atoms with Gasteiger partial charge in [0.15, 0.2) is 5.82 Å². The van der Waals surface area contributed by atoms with Gasteiger partial charge in [0.25, 0.3) is 5.56 Å². The Labute approximate surface area is 202 Å². The summed E-state index contributed by atoms with van der Waals surface area (Å²) in [5, 5.41) is 8.83. The van der Waals surface area contributed by atoms with Gasteiger partial charge in [0, 0.05) is 37.5 Å². The highest BCUT2D eigenvalue weighted by molar-refractivity contribution is 7.83. The van der Waals surface area contributed by atoms with E-state index >= 15 is 0 Å². The molecule has 1 aromatic carbocycles. The van der Waals surface area contributed by atoms with E-state index in [9.17, 15) is 9.00 Å². The zero-order chi connectivity index (χ0) is 23.9. The van der Waals surface area contributed by atoms with Crippen molar-refractivity contribution in [3.63, 3.8) is 0 Å². The third-order valence-electron chi connectivity index (χ3n) is 6.78. The average Bonchev–Trinajstić information content (AvgIpc) is 3.32. The van der Waals surface area contributed by atoms with Crippen LogP contribution in [0.2, 0.25) is 0 Å². The van der Waals surface area contributed by atoms with Gasteiger partial charge in [0.05, 0.1) is 23.1 Å².